The summed E-state index contributed by atoms with van der Waals surface area (Å²) in [6.07, 6.45) is 13.0. The van der Waals surface area contributed by atoms with E-state index in [4.69, 9.17) is 14.5 Å². The molecule has 5 N–H and O–H groups in total. The minimum Gasteiger partial charge on any atom is -0.468 e. The van der Waals surface area contributed by atoms with Crippen molar-refractivity contribution in [3.8, 4) is 5.88 Å². The van der Waals surface area contributed by atoms with E-state index >= 15 is 0 Å². The maximum Gasteiger partial charge on any atom is 0.293 e. The number of H-pyrrole nitrogens is 1. The van der Waals surface area contributed by atoms with Crippen LogP contribution < -0.4 is 24.6 Å². The van der Waals surface area contributed by atoms with Gasteiger partial charge in [0, 0.05) is 87.8 Å². The number of pyridine rings is 1. The summed E-state index contributed by atoms with van der Waals surface area (Å²) in [5, 5.41) is 37.6. The van der Waals surface area contributed by atoms with Crippen molar-refractivity contribution >= 4 is 55.4 Å². The summed E-state index contributed by atoms with van der Waals surface area (Å²) < 4.78 is 43.4. The van der Waals surface area contributed by atoms with Crippen LogP contribution in [0.4, 0.5) is 28.4 Å². The first-order valence-corrected chi connectivity index (χ1v) is 31.3. The van der Waals surface area contributed by atoms with Crippen molar-refractivity contribution in [3.63, 3.8) is 0 Å². The molecule has 19 heteroatoms. The number of fused-ring (bicyclic) bond motifs is 3. The van der Waals surface area contributed by atoms with Crippen LogP contribution in [0.5, 0.6) is 5.88 Å². The number of piperidine rings is 1. The van der Waals surface area contributed by atoms with E-state index in [-0.39, 0.29) is 28.6 Å². The lowest BCUT2D eigenvalue weighted by Crippen LogP contribution is -2.60. The molecule has 2 aromatic heterocycles. The molecule has 0 radical (unpaired) electrons. The summed E-state index contributed by atoms with van der Waals surface area (Å²) in [4.78, 5) is 44.4. The number of sulfonamides is 1. The highest BCUT2D eigenvalue weighted by Crippen LogP contribution is 2.54. The van der Waals surface area contributed by atoms with Crippen LogP contribution >= 0.6 is 0 Å². The summed E-state index contributed by atoms with van der Waals surface area (Å²) in [5.74, 6) is 0.728. The molecule has 0 unspecified atom stereocenters. The number of piperazine rings is 1. The topological polar surface area (TPSA) is 219 Å². The number of nitro groups is 1. The number of nitrogens with one attached hydrogen (secondary N) is 3. The van der Waals surface area contributed by atoms with Gasteiger partial charge < -0.3 is 39.8 Å². The van der Waals surface area contributed by atoms with Crippen LogP contribution in [0.25, 0.3) is 11.0 Å². The Kier molecular flexibility index (Phi) is 15.2. The molecule has 6 heterocycles. The molecule has 7 aliphatic rings. The highest BCUT2D eigenvalue weighted by molar-refractivity contribution is 7.90. The van der Waals surface area contributed by atoms with Gasteiger partial charge in [0.2, 0.25) is 5.88 Å². The van der Waals surface area contributed by atoms with Crippen molar-refractivity contribution in [2.24, 2.45) is 17.3 Å². The number of amides is 1. The third-order valence-electron chi connectivity index (χ3n) is 19.7. The highest BCUT2D eigenvalue weighted by Gasteiger charge is 2.51. The van der Waals surface area contributed by atoms with Gasteiger partial charge in [-0.25, -0.2) is 13.1 Å². The average molecular weight is 1130 g/mol. The van der Waals surface area contributed by atoms with Crippen molar-refractivity contribution in [2.45, 2.75) is 157 Å². The summed E-state index contributed by atoms with van der Waals surface area (Å²) in [6.45, 7) is 15.5. The SMILES string of the molecule is CC(C)c1ccccc1[C@@H]1CN(CC2CCC(C)(O)CC2)CCN1C1CC2(CCN(c3ccc(C(=O)NS(=O)(=O)c4ccc(NCC5CCC(C)(O)CC5)c([N+](=O)[O-])c4)c(N4c5cc6cc[nH]c6nc5O[C@H]5COCC[C@@H]54)c3)CC2)C1. The van der Waals surface area contributed by atoms with Crippen LogP contribution in [0, 0.1) is 27.4 Å². The number of nitro benzene ring substituents is 1. The largest absolute Gasteiger partial charge is 0.468 e. The Hall–Kier alpha value is -5.83. The van der Waals surface area contributed by atoms with E-state index in [0.717, 1.165) is 121 Å². The standard InChI is InChI=1S/C62H81N9O9S/c1-40(2)47-7-5-6-8-48(47)55-38-67(37-42-15-21-61(4,74)22-16-42)28-29-69(55)45-34-62(35-45)23-26-68(27-24-62)44-9-11-49(52(32-44)70-51-18-30-79-39-56(51)80-59-54(70)31-43-17-25-63-57(43)65-59)58(72)66-81(77,78)46-10-12-50(53(33-46)71(75)76)64-36-41-13-19-60(3,73)20-14-41/h5-12,17,25,31-33,40-42,45,51,55-56,64,73-74H,13-16,18-24,26-30,34-39H2,1-4H3,(H,63,65)(H,66,72)/t41?,42?,51-,55-,56-,60?,61?/m0/s1. The Morgan fingerprint density at radius 2 is 1.60 bits per heavy atom. The highest BCUT2D eigenvalue weighted by atomic mass is 32.2. The van der Waals surface area contributed by atoms with Crippen molar-refractivity contribution in [2.75, 3.05) is 74.1 Å². The number of nitrogens with zero attached hydrogens (tertiary/aromatic N) is 6. The molecule has 81 heavy (non-hydrogen) atoms. The van der Waals surface area contributed by atoms with Crippen molar-refractivity contribution in [1.29, 1.82) is 0 Å². The van der Waals surface area contributed by atoms with Crippen LogP contribution in [-0.2, 0) is 14.8 Å². The molecule has 4 aliphatic heterocycles. The smallest absolute Gasteiger partial charge is 0.293 e. The predicted molar refractivity (Wildman–Crippen MR) is 313 cm³/mol. The zero-order valence-electron chi connectivity index (χ0n) is 47.4. The summed E-state index contributed by atoms with van der Waals surface area (Å²) in [7, 11) is -4.64. The fourth-order valence-corrected chi connectivity index (χ4v) is 15.8. The number of ether oxygens (including phenoxy) is 2. The van der Waals surface area contributed by atoms with E-state index in [9.17, 15) is 33.5 Å². The number of rotatable bonds is 14. The summed E-state index contributed by atoms with van der Waals surface area (Å²) in [6, 6.07) is 22.8. The number of aromatic nitrogens is 2. The fourth-order valence-electron chi connectivity index (χ4n) is 14.8. The minimum atomic E-state index is -4.64. The van der Waals surface area contributed by atoms with Crippen LogP contribution in [-0.4, -0.2) is 138 Å². The second kappa shape index (κ2) is 22.1. The number of carbonyl (C=O) groups is 1. The molecule has 3 aromatic carbocycles. The Balaban J connectivity index is 0.792. The molecule has 6 fully saturated rings. The molecule has 1 spiro atoms. The number of aliphatic hydroxyl groups is 2. The normalized spacial score (nSPS) is 28.3. The van der Waals surface area contributed by atoms with E-state index in [2.05, 4.69) is 72.7 Å². The molecule has 3 saturated heterocycles. The van der Waals surface area contributed by atoms with Gasteiger partial charge in [0.1, 0.15) is 23.1 Å². The molecule has 3 saturated carbocycles. The van der Waals surface area contributed by atoms with Crippen LogP contribution in [0.3, 0.4) is 0 Å². The summed E-state index contributed by atoms with van der Waals surface area (Å²) >= 11 is 0. The average Bonchev–Trinajstić information content (AvgIpc) is 3.87. The number of aromatic amines is 1. The van der Waals surface area contributed by atoms with E-state index in [1.807, 2.05) is 44.3 Å². The van der Waals surface area contributed by atoms with E-state index < -0.39 is 48.7 Å². The first-order chi connectivity index (χ1) is 38.8. The number of carbonyl (C=O) groups excluding carboxylic acids is 1. The molecule has 434 valence electrons. The Bertz CT molecular complexity index is 3240. The van der Waals surface area contributed by atoms with Gasteiger partial charge in [-0.3, -0.25) is 24.7 Å². The third-order valence-corrected chi connectivity index (χ3v) is 21.1. The minimum absolute atomic E-state index is 0.115. The van der Waals surface area contributed by atoms with E-state index in [1.165, 1.54) is 23.3 Å². The van der Waals surface area contributed by atoms with Crippen molar-refractivity contribution in [1.82, 2.24) is 24.5 Å². The number of benzene rings is 3. The zero-order valence-corrected chi connectivity index (χ0v) is 48.3. The molecule has 1 amide bonds. The van der Waals surface area contributed by atoms with Gasteiger partial charge in [0.15, 0.2) is 0 Å². The van der Waals surface area contributed by atoms with Gasteiger partial charge >= 0.3 is 0 Å². The molecule has 3 aliphatic carbocycles. The summed E-state index contributed by atoms with van der Waals surface area (Å²) in [5.41, 5.74) is 4.45. The van der Waals surface area contributed by atoms with Crippen molar-refractivity contribution < 1.29 is 37.8 Å². The first-order valence-electron chi connectivity index (χ1n) is 29.8. The number of hydrogen-bond acceptors (Lipinski definition) is 15. The van der Waals surface area contributed by atoms with Gasteiger partial charge in [0.05, 0.1) is 44.9 Å². The number of hydrogen-bond donors (Lipinski definition) is 5. The fraction of sp³-hybridized carbons (Fsp3) is 0.581. The number of anilines is 4. The maximum absolute atomic E-state index is 14.8. The van der Waals surface area contributed by atoms with E-state index in [0.29, 0.717) is 85.8 Å². The lowest BCUT2D eigenvalue weighted by atomic mass is 9.59. The first kappa shape index (κ1) is 55.7. The molecular formula is C62H81N9O9S. The second-order valence-electron chi connectivity index (χ2n) is 25.9. The molecule has 5 aromatic rings. The lowest BCUT2D eigenvalue weighted by Gasteiger charge is -2.58. The Morgan fingerprint density at radius 1 is 0.877 bits per heavy atom. The maximum atomic E-state index is 14.8. The van der Waals surface area contributed by atoms with Crippen LogP contribution in [0.15, 0.2) is 83.9 Å². The lowest BCUT2D eigenvalue weighted by molar-refractivity contribution is -0.384. The van der Waals surface area contributed by atoms with Gasteiger partial charge in [-0.05, 0) is 174 Å². The van der Waals surface area contributed by atoms with E-state index in [1.54, 1.807) is 6.07 Å². The molecule has 12 rings (SSSR count). The van der Waals surface area contributed by atoms with Gasteiger partial charge in [-0.2, -0.15) is 4.98 Å². The second-order valence-corrected chi connectivity index (χ2v) is 27.5. The van der Waals surface area contributed by atoms with Gasteiger partial charge in [-0.1, -0.05) is 38.1 Å². The Morgan fingerprint density at radius 3 is 2.33 bits per heavy atom. The van der Waals surface area contributed by atoms with Crippen LogP contribution in [0.2, 0.25) is 0 Å². The quantitative estimate of drug-likeness (QED) is 0.0516. The van der Waals surface area contributed by atoms with Gasteiger partial charge in [0.25, 0.3) is 21.6 Å². The molecule has 3 atom stereocenters. The third kappa shape index (κ3) is 11.5. The van der Waals surface area contributed by atoms with Crippen molar-refractivity contribution in [3.05, 3.63) is 106 Å². The van der Waals surface area contributed by atoms with Crippen LogP contribution in [0.1, 0.15) is 145 Å². The Labute approximate surface area is 476 Å². The predicted octanol–water partition coefficient (Wildman–Crippen LogP) is 9.80. The molecular weight excluding hydrogens is 1050 g/mol. The van der Waals surface area contributed by atoms with Gasteiger partial charge in [-0.15, -0.1) is 0 Å². The zero-order chi connectivity index (χ0) is 56.4. The molecule has 18 nitrogen and oxygen atoms in total. The monoisotopic (exact) mass is 1130 g/mol. The molecule has 0 bridgehead atoms.